The molecule has 0 bridgehead atoms. The molecular formula is C11H12O2S. The van der Waals surface area contributed by atoms with Crippen molar-refractivity contribution in [3.8, 4) is 5.75 Å². The predicted octanol–water partition coefficient (Wildman–Crippen LogP) is 2.66. The highest BCUT2D eigenvalue weighted by Crippen LogP contribution is 2.34. The summed E-state index contributed by atoms with van der Waals surface area (Å²) in [6.45, 7) is 1.90. The third-order valence-corrected chi connectivity index (χ3v) is 3.30. The van der Waals surface area contributed by atoms with Crippen LogP contribution in [0.1, 0.15) is 18.1 Å². The summed E-state index contributed by atoms with van der Waals surface area (Å²) >= 11 is 1.63. The molecule has 3 heteroatoms. The molecule has 14 heavy (non-hydrogen) atoms. The van der Waals surface area contributed by atoms with E-state index < -0.39 is 0 Å². The van der Waals surface area contributed by atoms with E-state index in [1.54, 1.807) is 11.3 Å². The van der Waals surface area contributed by atoms with Crippen LogP contribution in [0, 0.1) is 0 Å². The molecular weight excluding hydrogens is 196 g/mol. The summed E-state index contributed by atoms with van der Waals surface area (Å²) in [6.07, 6.45) is 0.785. The number of thiophene rings is 1. The Morgan fingerprint density at radius 3 is 2.86 bits per heavy atom. The first-order chi connectivity index (χ1) is 6.77. The van der Waals surface area contributed by atoms with E-state index in [2.05, 4.69) is 0 Å². The van der Waals surface area contributed by atoms with Gasteiger partial charge in [-0.15, -0.1) is 11.3 Å². The van der Waals surface area contributed by atoms with Crippen molar-refractivity contribution in [2.75, 3.05) is 0 Å². The lowest BCUT2D eigenvalue weighted by molar-refractivity contribution is 0.275. The highest BCUT2D eigenvalue weighted by molar-refractivity contribution is 7.17. The van der Waals surface area contributed by atoms with Gasteiger partial charge in [0.05, 0.1) is 6.61 Å². The van der Waals surface area contributed by atoms with Crippen LogP contribution in [0.3, 0.4) is 0 Å². The molecule has 2 rings (SSSR count). The summed E-state index contributed by atoms with van der Waals surface area (Å²) in [5, 5.41) is 22.0. The molecule has 0 unspecified atom stereocenters. The molecule has 0 aliphatic rings. The van der Waals surface area contributed by atoms with E-state index in [9.17, 15) is 5.11 Å². The van der Waals surface area contributed by atoms with Gasteiger partial charge in [0.1, 0.15) is 5.75 Å². The monoisotopic (exact) mass is 208 g/mol. The second-order valence-corrected chi connectivity index (χ2v) is 4.15. The Morgan fingerprint density at radius 1 is 1.43 bits per heavy atom. The highest BCUT2D eigenvalue weighted by atomic mass is 32.1. The quantitative estimate of drug-likeness (QED) is 0.796. The summed E-state index contributed by atoms with van der Waals surface area (Å²) in [5.74, 6) is 0.251. The van der Waals surface area contributed by atoms with E-state index in [1.807, 2.05) is 24.4 Å². The SMILES string of the molecule is CCc1c(O)c(CO)cc2sccc12. The van der Waals surface area contributed by atoms with Gasteiger partial charge in [-0.3, -0.25) is 0 Å². The van der Waals surface area contributed by atoms with Gasteiger partial charge in [0.2, 0.25) is 0 Å². The molecule has 0 fully saturated rings. The van der Waals surface area contributed by atoms with Crippen molar-refractivity contribution < 1.29 is 10.2 Å². The van der Waals surface area contributed by atoms with Crippen LogP contribution in [-0.4, -0.2) is 10.2 Å². The first-order valence-corrected chi connectivity index (χ1v) is 5.47. The fourth-order valence-electron chi connectivity index (χ4n) is 1.71. The number of aromatic hydroxyl groups is 1. The summed E-state index contributed by atoms with van der Waals surface area (Å²) in [6, 6.07) is 3.87. The number of phenols is 1. The molecule has 0 radical (unpaired) electrons. The number of hydrogen-bond acceptors (Lipinski definition) is 3. The minimum Gasteiger partial charge on any atom is -0.507 e. The minimum atomic E-state index is -0.104. The van der Waals surface area contributed by atoms with Crippen molar-refractivity contribution in [1.82, 2.24) is 0 Å². The zero-order chi connectivity index (χ0) is 10.1. The van der Waals surface area contributed by atoms with Crippen molar-refractivity contribution in [1.29, 1.82) is 0 Å². The van der Waals surface area contributed by atoms with Gasteiger partial charge in [-0.25, -0.2) is 0 Å². The van der Waals surface area contributed by atoms with E-state index in [-0.39, 0.29) is 12.4 Å². The van der Waals surface area contributed by atoms with Crippen LogP contribution in [0.25, 0.3) is 10.1 Å². The third kappa shape index (κ3) is 1.29. The van der Waals surface area contributed by atoms with Crippen molar-refractivity contribution in [2.24, 2.45) is 0 Å². The van der Waals surface area contributed by atoms with Crippen molar-refractivity contribution in [3.05, 3.63) is 28.6 Å². The van der Waals surface area contributed by atoms with Gasteiger partial charge in [0, 0.05) is 15.8 Å². The highest BCUT2D eigenvalue weighted by Gasteiger charge is 2.10. The van der Waals surface area contributed by atoms with Gasteiger partial charge < -0.3 is 10.2 Å². The van der Waals surface area contributed by atoms with Crippen LogP contribution in [0.2, 0.25) is 0 Å². The van der Waals surface area contributed by atoms with E-state index >= 15 is 0 Å². The largest absolute Gasteiger partial charge is 0.507 e. The number of aryl methyl sites for hydroxylation is 1. The normalized spacial score (nSPS) is 11.0. The summed E-state index contributed by atoms with van der Waals surface area (Å²) in [4.78, 5) is 0. The van der Waals surface area contributed by atoms with Gasteiger partial charge in [0.25, 0.3) is 0 Å². The fourth-order valence-corrected chi connectivity index (χ4v) is 2.59. The molecule has 0 spiro atoms. The third-order valence-electron chi connectivity index (χ3n) is 2.44. The van der Waals surface area contributed by atoms with Crippen LogP contribution in [0.5, 0.6) is 5.75 Å². The smallest absolute Gasteiger partial charge is 0.124 e. The molecule has 1 aromatic carbocycles. The lowest BCUT2D eigenvalue weighted by atomic mass is 10.0. The first kappa shape index (κ1) is 9.49. The second kappa shape index (κ2) is 3.59. The number of hydrogen-bond donors (Lipinski definition) is 2. The Hall–Kier alpha value is -1.06. The molecule has 0 aliphatic heterocycles. The maximum Gasteiger partial charge on any atom is 0.124 e. The number of aliphatic hydroxyl groups excluding tert-OH is 1. The molecule has 2 N–H and O–H groups in total. The lowest BCUT2D eigenvalue weighted by Gasteiger charge is -2.08. The maximum absolute atomic E-state index is 9.85. The van der Waals surface area contributed by atoms with Gasteiger partial charge in [0.15, 0.2) is 0 Å². The van der Waals surface area contributed by atoms with Crippen molar-refractivity contribution >= 4 is 21.4 Å². The molecule has 0 saturated carbocycles. The fraction of sp³-hybridized carbons (Fsp3) is 0.273. The van der Waals surface area contributed by atoms with E-state index in [0.29, 0.717) is 5.56 Å². The molecule has 2 nitrogen and oxygen atoms in total. The van der Waals surface area contributed by atoms with E-state index in [0.717, 1.165) is 22.1 Å². The number of aliphatic hydroxyl groups is 1. The Kier molecular flexibility index (Phi) is 2.44. The zero-order valence-corrected chi connectivity index (χ0v) is 8.77. The number of benzene rings is 1. The van der Waals surface area contributed by atoms with Crippen LogP contribution in [-0.2, 0) is 13.0 Å². The zero-order valence-electron chi connectivity index (χ0n) is 7.95. The Bertz CT molecular complexity index is 460. The molecule has 0 amide bonds. The van der Waals surface area contributed by atoms with Gasteiger partial charge in [-0.2, -0.15) is 0 Å². The van der Waals surface area contributed by atoms with Crippen LogP contribution in [0.15, 0.2) is 17.5 Å². The first-order valence-electron chi connectivity index (χ1n) is 4.59. The number of rotatable bonds is 2. The molecule has 0 aliphatic carbocycles. The molecule has 0 atom stereocenters. The summed E-state index contributed by atoms with van der Waals surface area (Å²) < 4.78 is 1.13. The minimum absolute atomic E-state index is 0.104. The van der Waals surface area contributed by atoms with Crippen molar-refractivity contribution in [3.63, 3.8) is 0 Å². The van der Waals surface area contributed by atoms with Crippen LogP contribution in [0.4, 0.5) is 0 Å². The molecule has 74 valence electrons. The molecule has 0 saturated heterocycles. The topological polar surface area (TPSA) is 40.5 Å². The van der Waals surface area contributed by atoms with Gasteiger partial charge >= 0.3 is 0 Å². The maximum atomic E-state index is 9.85. The molecule has 2 aromatic rings. The van der Waals surface area contributed by atoms with E-state index in [4.69, 9.17) is 5.11 Å². The van der Waals surface area contributed by atoms with Crippen LogP contribution < -0.4 is 0 Å². The lowest BCUT2D eigenvalue weighted by Crippen LogP contribution is -1.90. The molecule has 1 aromatic heterocycles. The average molecular weight is 208 g/mol. The van der Waals surface area contributed by atoms with Crippen LogP contribution >= 0.6 is 11.3 Å². The second-order valence-electron chi connectivity index (χ2n) is 3.21. The van der Waals surface area contributed by atoms with Crippen molar-refractivity contribution in [2.45, 2.75) is 20.0 Å². The molecule has 1 heterocycles. The standard InChI is InChI=1S/C11H12O2S/c1-2-8-9-3-4-14-10(9)5-7(6-12)11(8)13/h3-5,12-13H,2,6H2,1H3. The van der Waals surface area contributed by atoms with E-state index in [1.165, 1.54) is 0 Å². The Balaban J connectivity index is 2.80. The Labute approximate surface area is 86.4 Å². The van der Waals surface area contributed by atoms with Gasteiger partial charge in [-0.05, 0) is 29.3 Å². The van der Waals surface area contributed by atoms with Gasteiger partial charge in [-0.1, -0.05) is 6.92 Å². The summed E-state index contributed by atoms with van der Waals surface area (Å²) in [7, 11) is 0. The predicted molar refractivity (Wildman–Crippen MR) is 58.8 cm³/mol. The Morgan fingerprint density at radius 2 is 2.21 bits per heavy atom. The number of fused-ring (bicyclic) bond motifs is 1. The summed E-state index contributed by atoms with van der Waals surface area (Å²) in [5.41, 5.74) is 1.56. The average Bonchev–Trinajstić information content (AvgIpc) is 2.64.